The van der Waals surface area contributed by atoms with Crippen LogP contribution in [-0.4, -0.2) is 4.57 Å². The first kappa shape index (κ1) is 24.6. The van der Waals surface area contributed by atoms with Crippen LogP contribution in [0.15, 0.2) is 120 Å². The van der Waals surface area contributed by atoms with Gasteiger partial charge in [-0.25, -0.2) is 9.13 Å². The number of para-hydroxylation sites is 2. The van der Waals surface area contributed by atoms with Crippen LogP contribution in [0.4, 0.5) is 0 Å². The van der Waals surface area contributed by atoms with Gasteiger partial charge in [0.15, 0.2) is 12.4 Å². The van der Waals surface area contributed by atoms with Gasteiger partial charge in [-0.3, -0.25) is 0 Å². The smallest absolute Gasteiger partial charge is 0.216 e. The molecule has 4 aromatic heterocycles. The third-order valence-electron chi connectivity index (χ3n) is 8.87. The van der Waals surface area contributed by atoms with Crippen LogP contribution in [0.5, 0.6) is 0 Å². The summed E-state index contributed by atoms with van der Waals surface area (Å²) in [5, 5.41) is 4.77. The van der Waals surface area contributed by atoms with Crippen LogP contribution in [0.3, 0.4) is 0 Å². The Bertz CT molecular complexity index is 2360. The van der Waals surface area contributed by atoms with Crippen molar-refractivity contribution in [3.05, 3.63) is 127 Å². The van der Waals surface area contributed by atoms with Crippen molar-refractivity contribution >= 4 is 43.7 Å². The third kappa shape index (κ3) is 3.35. The minimum Gasteiger partial charge on any atom is -0.455 e. The number of benzene rings is 4. The lowest BCUT2D eigenvalue weighted by atomic mass is 9.95. The van der Waals surface area contributed by atoms with Gasteiger partial charge in [0.2, 0.25) is 11.4 Å². The molecule has 0 spiro atoms. The molecule has 202 valence electrons. The number of hydrogen-bond acceptors (Lipinski definition) is 1. The normalized spacial score (nSPS) is 11.8. The third-order valence-corrected chi connectivity index (χ3v) is 8.87. The van der Waals surface area contributed by atoms with Crippen LogP contribution in [0.2, 0.25) is 0 Å². The fourth-order valence-corrected chi connectivity index (χ4v) is 6.89. The highest BCUT2D eigenvalue weighted by atomic mass is 16.3. The molecule has 4 aromatic carbocycles. The van der Waals surface area contributed by atoms with Gasteiger partial charge in [-0.05, 0) is 61.4 Å². The maximum Gasteiger partial charge on any atom is 0.216 e. The van der Waals surface area contributed by atoms with Crippen molar-refractivity contribution in [2.45, 2.75) is 13.8 Å². The second-order valence-corrected chi connectivity index (χ2v) is 11.2. The van der Waals surface area contributed by atoms with Crippen LogP contribution >= 0.6 is 0 Å². The van der Waals surface area contributed by atoms with Gasteiger partial charge < -0.3 is 8.98 Å². The van der Waals surface area contributed by atoms with Crippen molar-refractivity contribution in [2.24, 2.45) is 14.1 Å². The predicted molar refractivity (Wildman–Crippen MR) is 171 cm³/mol. The number of hydrogen-bond donors (Lipinski definition) is 0. The highest BCUT2D eigenvalue weighted by Gasteiger charge is 2.28. The monoisotopic (exact) mass is 545 g/mol. The fraction of sp³-hybridized carbons (Fsp3) is 0.105. The summed E-state index contributed by atoms with van der Waals surface area (Å²) < 4.78 is 13.6. The van der Waals surface area contributed by atoms with E-state index >= 15 is 0 Å². The standard InChI is InChI=1S/C38H31N3O/c1-24-26(30-17-9-11-22-39(30)3)16-13-20-29(24)41-31-18-7-5-14-27(31)35-36-28-15-6-8-21-33(28)42-38(36)34(25(2)37(35)41)32-19-10-12-23-40(32)4/h5-23H,1-4H3/q+2. The highest BCUT2D eigenvalue weighted by Crippen LogP contribution is 2.47. The zero-order valence-electron chi connectivity index (χ0n) is 24.2. The van der Waals surface area contributed by atoms with Gasteiger partial charge in [-0.1, -0.05) is 42.5 Å². The largest absolute Gasteiger partial charge is 0.455 e. The molecule has 8 rings (SSSR count). The molecular weight excluding hydrogens is 514 g/mol. The molecule has 8 aromatic rings. The molecule has 0 radical (unpaired) electrons. The first-order chi connectivity index (χ1) is 20.5. The minimum atomic E-state index is 0.908. The van der Waals surface area contributed by atoms with E-state index in [2.05, 4.69) is 157 Å². The predicted octanol–water partition coefficient (Wildman–Crippen LogP) is 8.28. The van der Waals surface area contributed by atoms with E-state index in [1.165, 1.54) is 55.3 Å². The van der Waals surface area contributed by atoms with Gasteiger partial charge in [-0.15, -0.1) is 0 Å². The molecule has 4 nitrogen and oxygen atoms in total. The molecule has 0 saturated carbocycles. The molecule has 0 atom stereocenters. The van der Waals surface area contributed by atoms with Crippen molar-refractivity contribution in [3.63, 3.8) is 0 Å². The summed E-state index contributed by atoms with van der Waals surface area (Å²) in [5.41, 5.74) is 12.5. The Morgan fingerprint density at radius 2 is 1.26 bits per heavy atom. The maximum atomic E-state index is 6.73. The van der Waals surface area contributed by atoms with E-state index in [0.717, 1.165) is 27.8 Å². The van der Waals surface area contributed by atoms with Crippen molar-refractivity contribution in [1.82, 2.24) is 4.57 Å². The molecule has 0 aliphatic carbocycles. The zero-order chi connectivity index (χ0) is 28.5. The Morgan fingerprint density at radius 3 is 2.02 bits per heavy atom. The Balaban J connectivity index is 1.61. The Hall–Kier alpha value is -5.22. The van der Waals surface area contributed by atoms with Gasteiger partial charge in [0, 0.05) is 51.5 Å². The summed E-state index contributed by atoms with van der Waals surface area (Å²) in [6.45, 7) is 4.50. The average molecular weight is 546 g/mol. The molecule has 0 amide bonds. The quantitative estimate of drug-likeness (QED) is 0.205. The van der Waals surface area contributed by atoms with Crippen LogP contribution in [0.1, 0.15) is 11.1 Å². The summed E-state index contributed by atoms with van der Waals surface area (Å²) >= 11 is 0. The molecule has 0 N–H and O–H groups in total. The number of rotatable bonds is 3. The maximum absolute atomic E-state index is 6.73. The molecule has 0 aliphatic rings. The van der Waals surface area contributed by atoms with Crippen molar-refractivity contribution in [1.29, 1.82) is 0 Å². The van der Waals surface area contributed by atoms with Gasteiger partial charge in [0.1, 0.15) is 25.3 Å². The molecule has 0 aliphatic heterocycles. The van der Waals surface area contributed by atoms with Crippen LogP contribution in [0, 0.1) is 13.8 Å². The van der Waals surface area contributed by atoms with Gasteiger partial charge in [0.05, 0.1) is 22.2 Å². The molecule has 0 fully saturated rings. The number of furan rings is 1. The number of aryl methyl sites for hydroxylation is 3. The lowest BCUT2D eigenvalue weighted by Gasteiger charge is -2.16. The highest BCUT2D eigenvalue weighted by molar-refractivity contribution is 6.30. The molecular formula is C38H31N3O+2. The molecule has 0 unspecified atom stereocenters. The number of nitrogens with zero attached hydrogens (tertiary/aromatic N) is 3. The summed E-state index contributed by atoms with van der Waals surface area (Å²) in [6.07, 6.45) is 4.22. The van der Waals surface area contributed by atoms with Crippen molar-refractivity contribution in [3.8, 4) is 28.2 Å². The fourth-order valence-electron chi connectivity index (χ4n) is 6.89. The van der Waals surface area contributed by atoms with Crippen LogP contribution in [0.25, 0.3) is 71.9 Å². The summed E-state index contributed by atoms with van der Waals surface area (Å²) in [7, 11) is 4.22. The number of aromatic nitrogens is 3. The van der Waals surface area contributed by atoms with E-state index < -0.39 is 0 Å². The lowest BCUT2D eigenvalue weighted by molar-refractivity contribution is -0.660. The second kappa shape index (κ2) is 9.15. The molecule has 4 heteroatoms. The van der Waals surface area contributed by atoms with E-state index in [1.54, 1.807) is 0 Å². The minimum absolute atomic E-state index is 0.908. The zero-order valence-corrected chi connectivity index (χ0v) is 24.2. The Labute approximate surface area is 244 Å². The first-order valence-corrected chi connectivity index (χ1v) is 14.4. The summed E-state index contributed by atoms with van der Waals surface area (Å²) in [6, 6.07) is 36.7. The van der Waals surface area contributed by atoms with Crippen molar-refractivity contribution < 1.29 is 13.6 Å². The van der Waals surface area contributed by atoms with Crippen LogP contribution < -0.4 is 9.13 Å². The van der Waals surface area contributed by atoms with Gasteiger partial charge >= 0.3 is 0 Å². The Morgan fingerprint density at radius 1 is 0.595 bits per heavy atom. The molecule has 0 bridgehead atoms. The van der Waals surface area contributed by atoms with E-state index in [1.807, 2.05) is 0 Å². The SMILES string of the molecule is Cc1c(-c2cccc[n+]2C)cccc1-n1c2ccccc2c2c3c(oc4ccccc43)c(-c3cccc[n+]3C)c(C)c21. The van der Waals surface area contributed by atoms with Gasteiger partial charge in [-0.2, -0.15) is 0 Å². The van der Waals surface area contributed by atoms with E-state index in [4.69, 9.17) is 4.42 Å². The topological polar surface area (TPSA) is 25.8 Å². The lowest BCUT2D eigenvalue weighted by Crippen LogP contribution is -2.30. The first-order valence-electron chi connectivity index (χ1n) is 14.4. The summed E-state index contributed by atoms with van der Waals surface area (Å²) in [5.74, 6) is 0. The average Bonchev–Trinajstić information content (AvgIpc) is 3.55. The van der Waals surface area contributed by atoms with E-state index in [0.29, 0.717) is 0 Å². The van der Waals surface area contributed by atoms with E-state index in [-0.39, 0.29) is 0 Å². The van der Waals surface area contributed by atoms with Gasteiger partial charge in [0.25, 0.3) is 0 Å². The molecule has 42 heavy (non-hydrogen) atoms. The Kier molecular flexibility index (Phi) is 5.35. The van der Waals surface area contributed by atoms with Crippen molar-refractivity contribution in [2.75, 3.05) is 0 Å². The second-order valence-electron chi connectivity index (χ2n) is 11.2. The van der Waals surface area contributed by atoms with E-state index in [9.17, 15) is 0 Å². The number of pyridine rings is 2. The summed E-state index contributed by atoms with van der Waals surface area (Å²) in [4.78, 5) is 0. The number of fused-ring (bicyclic) bond motifs is 7. The molecule has 0 saturated heterocycles. The van der Waals surface area contributed by atoms with Crippen LogP contribution in [-0.2, 0) is 14.1 Å². The molecule has 4 heterocycles.